The Hall–Kier alpha value is 1.04. The predicted octanol–water partition coefficient (Wildman–Crippen LogP) is 2.46. The molecule has 0 radical (unpaired) electrons. The Bertz CT molecular complexity index is 35.3. The minimum atomic E-state index is -0.346. The smallest absolute Gasteiger partial charge is 0.0268 e. The molecule has 7 heteroatoms. The van der Waals surface area contributed by atoms with Gasteiger partial charge < -0.3 is 22.9 Å². The molecule has 0 saturated heterocycles. The van der Waals surface area contributed by atoms with Crippen molar-refractivity contribution in [3.63, 3.8) is 0 Å². The Balaban J connectivity index is -0.0000000886. The van der Waals surface area contributed by atoms with Crippen LogP contribution in [-0.2, 0) is 15.1 Å². The van der Waals surface area contributed by atoms with E-state index in [1.807, 2.05) is 0 Å². The number of nitrogens with two attached hydrogens (primary N) is 1. The van der Waals surface area contributed by atoms with Crippen LogP contribution in [0.25, 0.3) is 17.2 Å². The first-order valence-electron chi connectivity index (χ1n) is 2.74. The first-order valence-corrected chi connectivity index (χ1v) is 7.21. The van der Waals surface area contributed by atoms with Crippen molar-refractivity contribution in [3.8, 4) is 0 Å². The fraction of sp³-hybridized carbons (Fsp3) is 1.00. The molecular weight excluding hydrogens is 276 g/mol. The van der Waals surface area contributed by atoms with Crippen molar-refractivity contribution >= 4 is 19.4 Å². The van der Waals surface area contributed by atoms with Gasteiger partial charge in [0.25, 0.3) is 0 Å². The molecule has 0 unspecified atom stereocenters. The van der Waals surface area contributed by atoms with Crippen molar-refractivity contribution in [2.75, 3.05) is 26.2 Å². The van der Waals surface area contributed by atoms with Gasteiger partial charge in [0.05, 0.1) is 0 Å². The SMILES string of the molecule is [Cl][Ru][Cl].[NH-]CCN.[NH-]CC[NH-]. The molecule has 74 valence electrons. The molecule has 0 atom stereocenters. The number of rotatable bonds is 2. The summed E-state index contributed by atoms with van der Waals surface area (Å²) >= 11 is -0.346. The average molecular weight is 289 g/mol. The Morgan fingerprint density at radius 1 is 1.00 bits per heavy atom. The molecule has 0 aliphatic carbocycles. The second-order valence-electron chi connectivity index (χ2n) is 1.09. The first kappa shape index (κ1) is 18.0. The molecule has 0 bridgehead atoms. The molecule has 11 heavy (non-hydrogen) atoms. The Morgan fingerprint density at radius 2 is 1.18 bits per heavy atom. The Labute approximate surface area is 83.6 Å². The monoisotopic (exact) mass is 289 g/mol. The van der Waals surface area contributed by atoms with Gasteiger partial charge in [0.15, 0.2) is 0 Å². The summed E-state index contributed by atoms with van der Waals surface area (Å²) < 4.78 is 0. The summed E-state index contributed by atoms with van der Waals surface area (Å²) in [6.45, 7) is 1.31. The van der Waals surface area contributed by atoms with E-state index in [2.05, 4.69) is 0 Å². The molecule has 0 aromatic carbocycles. The summed E-state index contributed by atoms with van der Waals surface area (Å²) in [6.07, 6.45) is 0. The number of hydrogen-bond acceptors (Lipinski definition) is 1. The minimum absolute atomic E-state index is 0.236. The Morgan fingerprint density at radius 3 is 1.18 bits per heavy atom. The van der Waals surface area contributed by atoms with Crippen molar-refractivity contribution in [2.24, 2.45) is 5.73 Å². The summed E-state index contributed by atoms with van der Waals surface area (Å²) in [7, 11) is 9.71. The second-order valence-corrected chi connectivity index (χ2v) is 3.73. The molecule has 0 spiro atoms. The molecule has 0 aliphatic rings. The summed E-state index contributed by atoms with van der Waals surface area (Å²) in [5.41, 5.74) is 23.7. The van der Waals surface area contributed by atoms with Crippen LogP contribution in [0.15, 0.2) is 0 Å². The molecule has 0 saturated carbocycles. The molecule has 4 nitrogen and oxygen atoms in total. The van der Waals surface area contributed by atoms with Gasteiger partial charge in [-0.05, 0) is 6.54 Å². The van der Waals surface area contributed by atoms with E-state index < -0.39 is 0 Å². The van der Waals surface area contributed by atoms with Crippen LogP contribution in [0, 0.1) is 0 Å². The van der Waals surface area contributed by atoms with Gasteiger partial charge in [-0.15, -0.1) is 6.54 Å². The molecule has 5 N–H and O–H groups in total. The van der Waals surface area contributed by atoms with Crippen molar-refractivity contribution in [1.29, 1.82) is 0 Å². The third-order valence-electron chi connectivity index (χ3n) is 0.269. The standard InChI is InChI=1S/C2H7N2.C2H6N2.2ClH.Ru/c2*3-1-2-4;;;/h3H,1-2,4H2;3-4H,1-2H2;2*1H;/q-1;-2;;;+2/p-2. The van der Waals surface area contributed by atoms with Crippen LogP contribution in [0.2, 0.25) is 0 Å². The predicted molar refractivity (Wildman–Crippen MR) is 48.3 cm³/mol. The normalized spacial score (nSPS) is 7.45. The fourth-order valence-corrected chi connectivity index (χ4v) is 0. The van der Waals surface area contributed by atoms with Gasteiger partial charge in [-0.1, -0.05) is 0 Å². The van der Waals surface area contributed by atoms with Gasteiger partial charge in [-0.25, -0.2) is 0 Å². The van der Waals surface area contributed by atoms with Crippen molar-refractivity contribution < 1.29 is 15.1 Å². The first-order chi connectivity index (χ1) is 5.24. The number of hydrogen-bond donors (Lipinski definition) is 1. The molecule has 0 rings (SSSR count). The quantitative estimate of drug-likeness (QED) is 0.776. The average Bonchev–Trinajstić information content (AvgIpc) is 2.06. The van der Waals surface area contributed by atoms with Gasteiger partial charge in [-0.2, -0.15) is 13.1 Å². The van der Waals surface area contributed by atoms with E-state index in [0.29, 0.717) is 13.1 Å². The minimum Gasteiger partial charge on any atom is -0.679 e. The summed E-state index contributed by atoms with van der Waals surface area (Å²) in [6, 6.07) is 0. The maximum absolute atomic E-state index is 6.33. The van der Waals surface area contributed by atoms with E-state index in [1.165, 1.54) is 0 Å². The maximum Gasteiger partial charge on any atom is -0.0268 e. The van der Waals surface area contributed by atoms with E-state index in [4.69, 9.17) is 42.3 Å². The zero-order valence-corrected chi connectivity index (χ0v) is 9.27. The van der Waals surface area contributed by atoms with Crippen molar-refractivity contribution in [2.45, 2.75) is 0 Å². The van der Waals surface area contributed by atoms with Gasteiger partial charge in [0.1, 0.15) is 0 Å². The van der Waals surface area contributed by atoms with Crippen LogP contribution in [0.5, 0.6) is 0 Å². The third kappa shape index (κ3) is 97.5. The fourth-order valence-electron chi connectivity index (χ4n) is 0. The summed E-state index contributed by atoms with van der Waals surface area (Å²) in [5.74, 6) is 0. The topological polar surface area (TPSA) is 97.4 Å². The maximum atomic E-state index is 6.33. The number of halogens is 2. The molecule has 0 amide bonds. The van der Waals surface area contributed by atoms with Crippen molar-refractivity contribution in [3.05, 3.63) is 17.2 Å². The molecule has 0 aromatic rings. The van der Waals surface area contributed by atoms with Gasteiger partial charge in [-0.3, -0.25) is 0 Å². The van der Waals surface area contributed by atoms with E-state index in [-0.39, 0.29) is 28.2 Å². The van der Waals surface area contributed by atoms with Crippen LogP contribution in [0.3, 0.4) is 0 Å². The molecular formula is C4H13Cl2N4Ru-3. The third-order valence-corrected chi connectivity index (χ3v) is 0.269. The zero-order valence-electron chi connectivity index (χ0n) is 6.02. The van der Waals surface area contributed by atoms with E-state index in [9.17, 15) is 0 Å². The van der Waals surface area contributed by atoms with Crippen molar-refractivity contribution in [1.82, 2.24) is 0 Å². The summed E-state index contributed by atoms with van der Waals surface area (Å²) in [5, 5.41) is 0. The van der Waals surface area contributed by atoms with Crippen LogP contribution < -0.4 is 5.73 Å². The van der Waals surface area contributed by atoms with Gasteiger partial charge >= 0.3 is 34.5 Å². The zero-order chi connectivity index (χ0) is 9.54. The molecule has 0 aromatic heterocycles. The molecule has 0 fully saturated rings. The van der Waals surface area contributed by atoms with Crippen LogP contribution in [0.1, 0.15) is 0 Å². The largest absolute Gasteiger partial charge is 0.679 e. The number of nitrogens with one attached hydrogen (secondary N) is 3. The van der Waals surface area contributed by atoms with Crippen LogP contribution in [0.4, 0.5) is 0 Å². The van der Waals surface area contributed by atoms with E-state index >= 15 is 0 Å². The van der Waals surface area contributed by atoms with Gasteiger partial charge in [0, 0.05) is 0 Å². The molecule has 0 heterocycles. The molecule has 0 aliphatic heterocycles. The van der Waals surface area contributed by atoms with Gasteiger partial charge in [0.2, 0.25) is 0 Å². The second kappa shape index (κ2) is 30.5. The van der Waals surface area contributed by atoms with Crippen LogP contribution in [-0.4, -0.2) is 26.2 Å². The Kier molecular flexibility index (Phi) is 49.8. The van der Waals surface area contributed by atoms with Crippen LogP contribution >= 0.6 is 19.4 Å². The summed E-state index contributed by atoms with van der Waals surface area (Å²) in [4.78, 5) is 0. The van der Waals surface area contributed by atoms with E-state index in [1.54, 1.807) is 0 Å². The van der Waals surface area contributed by atoms with E-state index in [0.717, 1.165) is 0 Å².